The number of hydrogen-bond acceptors (Lipinski definition) is 5. The first-order chi connectivity index (χ1) is 8.56. The van der Waals surface area contributed by atoms with E-state index in [2.05, 4.69) is 4.98 Å². The van der Waals surface area contributed by atoms with Crippen LogP contribution in [0.15, 0.2) is 36.5 Å². The van der Waals surface area contributed by atoms with Crippen LogP contribution in [-0.2, 0) is 0 Å². The van der Waals surface area contributed by atoms with Gasteiger partial charge in [0.1, 0.15) is 17.7 Å². The zero-order chi connectivity index (χ0) is 13.1. The molecule has 0 saturated carbocycles. The molecule has 1 heterocycles. The van der Waals surface area contributed by atoms with Crippen LogP contribution in [0.5, 0.6) is 17.4 Å². The van der Waals surface area contributed by atoms with Crippen molar-refractivity contribution in [3.8, 4) is 17.4 Å². The Hall–Kier alpha value is -2.63. The van der Waals surface area contributed by atoms with E-state index in [1.807, 2.05) is 0 Å². The molecule has 2 rings (SSSR count). The van der Waals surface area contributed by atoms with Gasteiger partial charge in [-0.25, -0.2) is 4.98 Å². The van der Waals surface area contributed by atoms with Gasteiger partial charge in [-0.1, -0.05) is 0 Å². The highest BCUT2D eigenvalue weighted by Crippen LogP contribution is 2.26. The van der Waals surface area contributed by atoms with Gasteiger partial charge >= 0.3 is 0 Å². The lowest BCUT2D eigenvalue weighted by molar-refractivity contribution is -0.385. The molecule has 0 amide bonds. The second kappa shape index (κ2) is 4.70. The summed E-state index contributed by atoms with van der Waals surface area (Å²) < 4.78 is 5.45. The molecule has 92 valence electrons. The predicted octanol–water partition coefficient (Wildman–Crippen LogP) is 2.80. The number of ether oxygens (including phenoxy) is 1. The summed E-state index contributed by atoms with van der Waals surface area (Å²) >= 11 is 0. The molecule has 0 unspecified atom stereocenters. The van der Waals surface area contributed by atoms with Crippen LogP contribution in [0.4, 0.5) is 5.69 Å². The lowest BCUT2D eigenvalue weighted by Gasteiger charge is -2.06. The van der Waals surface area contributed by atoms with Crippen LogP contribution in [0.25, 0.3) is 0 Å². The van der Waals surface area contributed by atoms with Crippen molar-refractivity contribution in [3.05, 3.63) is 52.2 Å². The number of nitrogens with zero attached hydrogens (tertiary/aromatic N) is 2. The van der Waals surface area contributed by atoms with Gasteiger partial charge in [-0.2, -0.15) is 0 Å². The van der Waals surface area contributed by atoms with Crippen LogP contribution in [0.3, 0.4) is 0 Å². The van der Waals surface area contributed by atoms with Crippen molar-refractivity contribution < 1.29 is 14.8 Å². The van der Waals surface area contributed by atoms with Gasteiger partial charge in [-0.05, 0) is 31.2 Å². The first-order valence-corrected chi connectivity index (χ1v) is 5.14. The highest BCUT2D eigenvalue weighted by atomic mass is 16.6. The fourth-order valence-corrected chi connectivity index (χ4v) is 1.38. The number of aryl methyl sites for hydroxylation is 1. The summed E-state index contributed by atoms with van der Waals surface area (Å²) in [5.41, 5.74) is 0.489. The number of aromatic hydroxyl groups is 1. The normalized spacial score (nSPS) is 10.1. The number of aromatic nitrogens is 1. The van der Waals surface area contributed by atoms with Crippen molar-refractivity contribution in [1.29, 1.82) is 0 Å². The lowest BCUT2D eigenvalue weighted by Crippen LogP contribution is -1.94. The highest BCUT2D eigenvalue weighted by Gasteiger charge is 2.10. The molecule has 6 nitrogen and oxygen atoms in total. The van der Waals surface area contributed by atoms with E-state index in [1.54, 1.807) is 19.1 Å². The van der Waals surface area contributed by atoms with Gasteiger partial charge in [0.05, 0.1) is 4.92 Å². The largest absolute Gasteiger partial charge is 0.508 e. The zero-order valence-electron chi connectivity index (χ0n) is 9.53. The monoisotopic (exact) mass is 246 g/mol. The maximum atomic E-state index is 10.6. The smallest absolute Gasteiger partial charge is 0.288 e. The number of rotatable bonds is 3. The summed E-state index contributed by atoms with van der Waals surface area (Å²) in [6.07, 6.45) is 1.14. The zero-order valence-corrected chi connectivity index (χ0v) is 9.53. The van der Waals surface area contributed by atoms with Gasteiger partial charge in [0.15, 0.2) is 0 Å². The Bertz CT molecular complexity index is 581. The molecule has 0 bridgehead atoms. The minimum absolute atomic E-state index is 0.0782. The van der Waals surface area contributed by atoms with Crippen LogP contribution in [0.1, 0.15) is 5.56 Å². The number of hydrogen-bond donors (Lipinski definition) is 1. The SMILES string of the molecule is Cc1cc([N+](=O)[O-])cnc1Oc1ccc(O)cc1. The molecular weight excluding hydrogens is 236 g/mol. The highest BCUT2D eigenvalue weighted by molar-refractivity contribution is 5.39. The summed E-state index contributed by atoms with van der Waals surface area (Å²) in [6.45, 7) is 1.68. The fraction of sp³-hybridized carbons (Fsp3) is 0.0833. The Morgan fingerprint density at radius 1 is 1.33 bits per heavy atom. The molecule has 0 radical (unpaired) electrons. The van der Waals surface area contributed by atoms with E-state index in [1.165, 1.54) is 18.2 Å². The summed E-state index contributed by atoms with van der Waals surface area (Å²) in [5, 5.41) is 19.7. The average Bonchev–Trinajstić information content (AvgIpc) is 2.34. The summed E-state index contributed by atoms with van der Waals surface area (Å²) in [4.78, 5) is 13.9. The molecule has 0 saturated heterocycles. The van der Waals surface area contributed by atoms with Crippen molar-refractivity contribution in [2.45, 2.75) is 6.92 Å². The van der Waals surface area contributed by atoms with Crippen LogP contribution >= 0.6 is 0 Å². The van der Waals surface area contributed by atoms with Gasteiger partial charge < -0.3 is 9.84 Å². The molecule has 0 fully saturated rings. The number of phenols is 1. The Balaban J connectivity index is 2.24. The third-order valence-electron chi connectivity index (χ3n) is 2.28. The Kier molecular flexibility index (Phi) is 3.09. The van der Waals surface area contributed by atoms with Crippen LogP contribution in [0.2, 0.25) is 0 Å². The van der Waals surface area contributed by atoms with Crippen molar-refractivity contribution in [2.24, 2.45) is 0 Å². The van der Waals surface area contributed by atoms with Gasteiger partial charge in [-0.3, -0.25) is 10.1 Å². The molecule has 18 heavy (non-hydrogen) atoms. The van der Waals surface area contributed by atoms with Crippen molar-refractivity contribution in [2.75, 3.05) is 0 Å². The minimum atomic E-state index is -0.510. The second-order valence-corrected chi connectivity index (χ2v) is 3.67. The standard InChI is InChI=1S/C12H10N2O4/c1-8-6-9(14(16)17)7-13-12(8)18-11-4-2-10(15)3-5-11/h2-7,15H,1H3. The van der Waals surface area contributed by atoms with Crippen molar-refractivity contribution >= 4 is 5.69 Å². The summed E-state index contributed by atoms with van der Waals surface area (Å²) in [7, 11) is 0. The molecule has 0 spiro atoms. The maximum absolute atomic E-state index is 10.6. The Labute approximate surface area is 103 Å². The van der Waals surface area contributed by atoms with E-state index in [-0.39, 0.29) is 11.4 Å². The number of pyridine rings is 1. The van der Waals surface area contributed by atoms with Gasteiger partial charge in [0, 0.05) is 11.6 Å². The molecule has 2 aromatic rings. The van der Waals surface area contributed by atoms with Crippen molar-refractivity contribution in [1.82, 2.24) is 4.98 Å². The molecule has 1 aromatic heterocycles. The quantitative estimate of drug-likeness (QED) is 0.664. The Morgan fingerprint density at radius 2 is 2.00 bits per heavy atom. The van der Waals surface area contributed by atoms with Crippen molar-refractivity contribution in [3.63, 3.8) is 0 Å². The molecule has 0 aliphatic heterocycles. The number of benzene rings is 1. The molecule has 0 aliphatic carbocycles. The van der Waals surface area contributed by atoms with Gasteiger partial charge in [0.2, 0.25) is 5.88 Å². The number of phenolic OH excluding ortho intramolecular Hbond substituents is 1. The fourth-order valence-electron chi connectivity index (χ4n) is 1.38. The Morgan fingerprint density at radius 3 is 2.56 bits per heavy atom. The molecule has 1 N–H and O–H groups in total. The van der Waals surface area contributed by atoms with Crippen LogP contribution in [-0.4, -0.2) is 15.0 Å². The van der Waals surface area contributed by atoms with Gasteiger partial charge in [-0.15, -0.1) is 0 Å². The lowest BCUT2D eigenvalue weighted by atomic mass is 10.3. The predicted molar refractivity (Wildman–Crippen MR) is 63.8 cm³/mol. The van der Waals surface area contributed by atoms with E-state index in [4.69, 9.17) is 9.84 Å². The second-order valence-electron chi connectivity index (χ2n) is 3.67. The van der Waals surface area contributed by atoms with E-state index in [0.717, 1.165) is 6.20 Å². The van der Waals surface area contributed by atoms with Crippen LogP contribution in [0, 0.1) is 17.0 Å². The first kappa shape index (κ1) is 11.8. The van der Waals surface area contributed by atoms with E-state index in [0.29, 0.717) is 17.2 Å². The molecular formula is C12H10N2O4. The van der Waals surface area contributed by atoms with E-state index < -0.39 is 4.92 Å². The average molecular weight is 246 g/mol. The first-order valence-electron chi connectivity index (χ1n) is 5.14. The molecule has 6 heteroatoms. The van der Waals surface area contributed by atoms with Crippen LogP contribution < -0.4 is 4.74 Å². The minimum Gasteiger partial charge on any atom is -0.508 e. The summed E-state index contributed by atoms with van der Waals surface area (Å²) in [5.74, 6) is 0.930. The molecule has 0 atom stereocenters. The third-order valence-corrected chi connectivity index (χ3v) is 2.28. The summed E-state index contributed by atoms with van der Waals surface area (Å²) in [6, 6.07) is 7.52. The molecule has 0 aliphatic rings. The number of nitro groups is 1. The van der Waals surface area contributed by atoms with E-state index in [9.17, 15) is 10.1 Å². The van der Waals surface area contributed by atoms with Gasteiger partial charge in [0.25, 0.3) is 5.69 Å². The maximum Gasteiger partial charge on any atom is 0.288 e. The third kappa shape index (κ3) is 2.54. The molecule has 1 aromatic carbocycles. The van der Waals surface area contributed by atoms with E-state index >= 15 is 0 Å². The topological polar surface area (TPSA) is 85.5 Å².